The molecule has 0 radical (unpaired) electrons. The van der Waals surface area contributed by atoms with Gasteiger partial charge in [0, 0.05) is 37.2 Å². The molecule has 2 nitrogen and oxygen atoms in total. The van der Waals surface area contributed by atoms with Crippen molar-refractivity contribution in [3.8, 4) is 0 Å². The monoisotopic (exact) mass is 240 g/mol. The first kappa shape index (κ1) is 7.75. The summed E-state index contributed by atoms with van der Waals surface area (Å²) >= 11 is 2.43. The van der Waals surface area contributed by atoms with Crippen molar-refractivity contribution in [2.45, 2.75) is 0 Å². The molecule has 1 fully saturated rings. The Morgan fingerprint density at radius 3 is 2.56 bits per heavy atom. The van der Waals surface area contributed by atoms with E-state index in [-0.39, 0.29) is 0 Å². The number of alkyl halides is 1. The highest BCUT2D eigenvalue weighted by Gasteiger charge is 2.06. The van der Waals surface area contributed by atoms with Crippen molar-refractivity contribution in [3.05, 3.63) is 0 Å². The van der Waals surface area contributed by atoms with Gasteiger partial charge in [0.05, 0.1) is 0 Å². The molecule has 0 unspecified atom stereocenters. The topological polar surface area (TPSA) is 15.3 Å². The van der Waals surface area contributed by atoms with Crippen molar-refractivity contribution in [1.29, 1.82) is 0 Å². The first-order chi connectivity index (χ1) is 4.43. The zero-order valence-corrected chi connectivity index (χ0v) is 7.73. The molecule has 0 bridgehead atoms. The van der Waals surface area contributed by atoms with E-state index in [2.05, 4.69) is 32.8 Å². The molecule has 1 saturated heterocycles. The first-order valence-corrected chi connectivity index (χ1v) is 4.95. The van der Waals surface area contributed by atoms with Crippen molar-refractivity contribution >= 4 is 22.6 Å². The molecule has 0 aliphatic carbocycles. The van der Waals surface area contributed by atoms with Crippen LogP contribution in [0, 0.1) is 0 Å². The van der Waals surface area contributed by atoms with Gasteiger partial charge in [-0.1, -0.05) is 22.6 Å². The summed E-state index contributed by atoms with van der Waals surface area (Å²) in [5.41, 5.74) is 0. The van der Waals surface area contributed by atoms with E-state index < -0.39 is 0 Å². The van der Waals surface area contributed by atoms with E-state index >= 15 is 0 Å². The van der Waals surface area contributed by atoms with Crippen molar-refractivity contribution in [1.82, 2.24) is 10.2 Å². The molecule has 54 valence electrons. The molecule has 1 aliphatic rings. The Labute approximate surface area is 70.1 Å². The lowest BCUT2D eigenvalue weighted by Gasteiger charge is -2.26. The largest absolute Gasteiger partial charge is 0.314 e. The highest BCUT2D eigenvalue weighted by atomic mass is 127. The SMILES string of the molecule is ICCN1CCNCC1. The number of rotatable bonds is 2. The summed E-state index contributed by atoms with van der Waals surface area (Å²) in [6, 6.07) is 0. The molecule has 9 heavy (non-hydrogen) atoms. The van der Waals surface area contributed by atoms with Crippen molar-refractivity contribution in [2.24, 2.45) is 0 Å². The van der Waals surface area contributed by atoms with Gasteiger partial charge in [0.1, 0.15) is 0 Å². The van der Waals surface area contributed by atoms with E-state index in [4.69, 9.17) is 0 Å². The maximum Gasteiger partial charge on any atom is 0.0123 e. The maximum absolute atomic E-state index is 3.33. The highest BCUT2D eigenvalue weighted by molar-refractivity contribution is 14.1. The van der Waals surface area contributed by atoms with E-state index in [0.29, 0.717) is 0 Å². The van der Waals surface area contributed by atoms with E-state index in [0.717, 1.165) is 0 Å². The summed E-state index contributed by atoms with van der Waals surface area (Å²) in [5.74, 6) is 0. The van der Waals surface area contributed by atoms with E-state index in [1.807, 2.05) is 0 Å². The number of halogens is 1. The molecule has 0 amide bonds. The van der Waals surface area contributed by atoms with Crippen LogP contribution in [-0.2, 0) is 0 Å². The molecule has 0 atom stereocenters. The van der Waals surface area contributed by atoms with Crippen LogP contribution in [0.25, 0.3) is 0 Å². The van der Waals surface area contributed by atoms with Gasteiger partial charge in [-0.15, -0.1) is 0 Å². The Balaban J connectivity index is 2.08. The van der Waals surface area contributed by atoms with Crippen LogP contribution in [0.1, 0.15) is 0 Å². The van der Waals surface area contributed by atoms with Crippen LogP contribution >= 0.6 is 22.6 Å². The Kier molecular flexibility index (Phi) is 3.85. The van der Waals surface area contributed by atoms with Gasteiger partial charge >= 0.3 is 0 Å². The average Bonchev–Trinajstić information content (AvgIpc) is 1.91. The first-order valence-electron chi connectivity index (χ1n) is 3.42. The summed E-state index contributed by atoms with van der Waals surface area (Å²) in [5, 5.41) is 3.33. The van der Waals surface area contributed by atoms with Crippen LogP contribution in [0.5, 0.6) is 0 Å². The zero-order chi connectivity index (χ0) is 6.53. The smallest absolute Gasteiger partial charge is 0.0123 e. The van der Waals surface area contributed by atoms with Crippen LogP contribution in [0.4, 0.5) is 0 Å². The van der Waals surface area contributed by atoms with E-state index in [9.17, 15) is 0 Å². The molecular weight excluding hydrogens is 227 g/mol. The molecular formula is C6H13IN2. The Morgan fingerprint density at radius 1 is 1.33 bits per heavy atom. The molecule has 3 heteroatoms. The minimum absolute atomic E-state index is 1.18. The fraction of sp³-hybridized carbons (Fsp3) is 1.00. The second kappa shape index (κ2) is 4.46. The van der Waals surface area contributed by atoms with Crippen LogP contribution < -0.4 is 5.32 Å². The van der Waals surface area contributed by atoms with Crippen molar-refractivity contribution < 1.29 is 0 Å². The lowest BCUT2D eigenvalue weighted by molar-refractivity contribution is 0.256. The van der Waals surface area contributed by atoms with Crippen molar-refractivity contribution in [3.63, 3.8) is 0 Å². The predicted octanol–water partition coefficient (Wildman–Crippen LogP) is 0.327. The van der Waals surface area contributed by atoms with Gasteiger partial charge in [0.25, 0.3) is 0 Å². The molecule has 0 aromatic rings. The molecule has 0 spiro atoms. The highest BCUT2D eigenvalue weighted by Crippen LogP contribution is 1.92. The summed E-state index contributed by atoms with van der Waals surface area (Å²) in [6.07, 6.45) is 0. The van der Waals surface area contributed by atoms with Gasteiger partial charge in [0.2, 0.25) is 0 Å². The summed E-state index contributed by atoms with van der Waals surface area (Å²) in [6.45, 7) is 6.10. The second-order valence-electron chi connectivity index (χ2n) is 2.28. The lowest BCUT2D eigenvalue weighted by Crippen LogP contribution is -2.44. The summed E-state index contributed by atoms with van der Waals surface area (Å²) in [7, 11) is 0. The molecule has 0 saturated carbocycles. The third-order valence-electron chi connectivity index (χ3n) is 1.61. The number of nitrogens with one attached hydrogen (secondary N) is 1. The number of piperazine rings is 1. The lowest BCUT2D eigenvalue weighted by atomic mass is 10.4. The summed E-state index contributed by atoms with van der Waals surface area (Å²) < 4.78 is 1.26. The van der Waals surface area contributed by atoms with E-state index in [1.165, 1.54) is 37.2 Å². The van der Waals surface area contributed by atoms with Crippen LogP contribution in [0.2, 0.25) is 0 Å². The molecule has 1 heterocycles. The minimum atomic E-state index is 1.18. The standard InChI is InChI=1S/C6H13IN2/c7-1-4-9-5-2-8-3-6-9/h8H,1-6H2. The molecule has 1 N–H and O–H groups in total. The van der Waals surface area contributed by atoms with Crippen LogP contribution in [0.3, 0.4) is 0 Å². The van der Waals surface area contributed by atoms with Gasteiger partial charge in [-0.3, -0.25) is 0 Å². The molecule has 0 aromatic carbocycles. The molecule has 1 aliphatic heterocycles. The minimum Gasteiger partial charge on any atom is -0.314 e. The maximum atomic E-state index is 3.33. The molecule has 0 aromatic heterocycles. The Hall–Kier alpha value is 0.650. The van der Waals surface area contributed by atoms with Gasteiger partial charge in [-0.2, -0.15) is 0 Å². The third-order valence-corrected chi connectivity index (χ3v) is 2.09. The quantitative estimate of drug-likeness (QED) is 0.552. The Bertz CT molecular complexity index is 68.7. The van der Waals surface area contributed by atoms with Crippen molar-refractivity contribution in [2.75, 3.05) is 37.2 Å². The van der Waals surface area contributed by atoms with E-state index in [1.54, 1.807) is 0 Å². The fourth-order valence-corrected chi connectivity index (χ4v) is 1.74. The van der Waals surface area contributed by atoms with Gasteiger partial charge in [-0.25, -0.2) is 0 Å². The van der Waals surface area contributed by atoms with Crippen LogP contribution in [-0.4, -0.2) is 42.1 Å². The predicted molar refractivity (Wildman–Crippen MR) is 48.2 cm³/mol. The number of hydrogen-bond acceptors (Lipinski definition) is 2. The normalized spacial score (nSPS) is 22.3. The zero-order valence-electron chi connectivity index (χ0n) is 5.57. The van der Waals surface area contributed by atoms with Gasteiger partial charge in [0.15, 0.2) is 0 Å². The average molecular weight is 240 g/mol. The van der Waals surface area contributed by atoms with Crippen LogP contribution in [0.15, 0.2) is 0 Å². The summed E-state index contributed by atoms with van der Waals surface area (Å²) in [4.78, 5) is 2.50. The fourth-order valence-electron chi connectivity index (χ4n) is 1.05. The van der Waals surface area contributed by atoms with Gasteiger partial charge < -0.3 is 10.2 Å². The van der Waals surface area contributed by atoms with Gasteiger partial charge in [-0.05, 0) is 0 Å². The second-order valence-corrected chi connectivity index (χ2v) is 3.36. The third kappa shape index (κ3) is 2.82. The number of nitrogens with zero attached hydrogens (tertiary/aromatic N) is 1. The number of hydrogen-bond donors (Lipinski definition) is 1. The molecule has 1 rings (SSSR count). The Morgan fingerprint density at radius 2 is 2.00 bits per heavy atom.